The van der Waals surface area contributed by atoms with Gasteiger partial charge >= 0.3 is 0 Å². The van der Waals surface area contributed by atoms with Crippen molar-refractivity contribution in [1.82, 2.24) is 9.78 Å². The summed E-state index contributed by atoms with van der Waals surface area (Å²) in [6.45, 7) is 8.87. The Kier molecular flexibility index (Phi) is 4.50. The maximum Gasteiger partial charge on any atom is 0.130 e. The van der Waals surface area contributed by atoms with Crippen molar-refractivity contribution < 1.29 is 0 Å². The van der Waals surface area contributed by atoms with Crippen LogP contribution in [0.3, 0.4) is 0 Å². The fourth-order valence-electron chi connectivity index (χ4n) is 3.09. The van der Waals surface area contributed by atoms with Gasteiger partial charge in [0.15, 0.2) is 0 Å². The first-order chi connectivity index (χ1) is 9.06. The molecule has 108 valence electrons. The molecule has 0 radical (unpaired) electrons. The Balaban J connectivity index is 2.24. The third-order valence-electron chi connectivity index (χ3n) is 4.47. The van der Waals surface area contributed by atoms with E-state index >= 15 is 0 Å². The van der Waals surface area contributed by atoms with E-state index in [2.05, 4.69) is 37.8 Å². The number of hydrogen-bond donors (Lipinski definition) is 1. The molecule has 1 aliphatic rings. The summed E-state index contributed by atoms with van der Waals surface area (Å²) < 4.78 is 2.05. The molecule has 2 heterocycles. The summed E-state index contributed by atoms with van der Waals surface area (Å²) in [5.41, 5.74) is 8.64. The van der Waals surface area contributed by atoms with Crippen LogP contribution in [0, 0.1) is 12.8 Å². The van der Waals surface area contributed by atoms with Crippen molar-refractivity contribution in [3.05, 3.63) is 11.3 Å². The minimum Gasteiger partial charge on any atom is -0.356 e. The van der Waals surface area contributed by atoms with Gasteiger partial charge in [0, 0.05) is 31.7 Å². The summed E-state index contributed by atoms with van der Waals surface area (Å²) in [5, 5.41) is 4.61. The highest BCUT2D eigenvalue weighted by Gasteiger charge is 2.27. The molecule has 1 saturated heterocycles. The van der Waals surface area contributed by atoms with E-state index in [1.54, 1.807) is 0 Å². The predicted molar refractivity (Wildman–Crippen MR) is 80.5 cm³/mol. The lowest BCUT2D eigenvalue weighted by Gasteiger charge is -2.21. The Morgan fingerprint density at radius 1 is 1.42 bits per heavy atom. The van der Waals surface area contributed by atoms with Gasteiger partial charge in [-0.05, 0) is 32.1 Å². The maximum absolute atomic E-state index is 6.15. The van der Waals surface area contributed by atoms with E-state index < -0.39 is 0 Å². The standard InChI is InChI=1S/C15H28N4/c1-5-12-7-8-19(10-12)15-14(9-13(16)6-2)11(3)17-18(15)4/h12-13H,5-10,16H2,1-4H3. The van der Waals surface area contributed by atoms with Gasteiger partial charge in [-0.1, -0.05) is 20.3 Å². The maximum atomic E-state index is 6.15. The first-order valence-corrected chi connectivity index (χ1v) is 7.59. The second-order valence-corrected chi connectivity index (χ2v) is 5.89. The van der Waals surface area contributed by atoms with E-state index in [1.807, 2.05) is 4.68 Å². The second-order valence-electron chi connectivity index (χ2n) is 5.89. The van der Waals surface area contributed by atoms with Crippen LogP contribution in [0.5, 0.6) is 0 Å². The molecular weight excluding hydrogens is 236 g/mol. The largest absolute Gasteiger partial charge is 0.356 e. The number of hydrogen-bond acceptors (Lipinski definition) is 3. The zero-order valence-corrected chi connectivity index (χ0v) is 12.8. The quantitative estimate of drug-likeness (QED) is 0.887. The molecule has 1 aromatic heterocycles. The molecule has 0 spiro atoms. The number of anilines is 1. The van der Waals surface area contributed by atoms with E-state index in [4.69, 9.17) is 5.73 Å². The summed E-state index contributed by atoms with van der Waals surface area (Å²) >= 11 is 0. The van der Waals surface area contributed by atoms with Gasteiger partial charge in [-0.2, -0.15) is 5.10 Å². The van der Waals surface area contributed by atoms with Crippen molar-refractivity contribution in [2.45, 2.75) is 52.5 Å². The van der Waals surface area contributed by atoms with E-state index in [0.717, 1.165) is 31.0 Å². The van der Waals surface area contributed by atoms with Crippen LogP contribution < -0.4 is 10.6 Å². The zero-order chi connectivity index (χ0) is 14.0. The van der Waals surface area contributed by atoms with Crippen LogP contribution in [-0.4, -0.2) is 28.9 Å². The number of aryl methyl sites for hydroxylation is 2. The van der Waals surface area contributed by atoms with Crippen LogP contribution in [0.2, 0.25) is 0 Å². The monoisotopic (exact) mass is 264 g/mol. The molecular formula is C15H28N4. The van der Waals surface area contributed by atoms with Gasteiger partial charge in [-0.3, -0.25) is 4.68 Å². The van der Waals surface area contributed by atoms with Crippen LogP contribution in [0.1, 0.15) is 44.4 Å². The van der Waals surface area contributed by atoms with Crippen molar-refractivity contribution in [3.8, 4) is 0 Å². The van der Waals surface area contributed by atoms with Crippen LogP contribution in [-0.2, 0) is 13.5 Å². The Hall–Kier alpha value is -1.03. The molecule has 0 aliphatic carbocycles. The van der Waals surface area contributed by atoms with Crippen LogP contribution >= 0.6 is 0 Å². The molecule has 2 rings (SSSR count). The predicted octanol–water partition coefficient (Wildman–Crippen LogP) is 2.24. The molecule has 2 unspecified atom stereocenters. The molecule has 4 nitrogen and oxygen atoms in total. The minimum absolute atomic E-state index is 0.242. The second kappa shape index (κ2) is 5.95. The lowest BCUT2D eigenvalue weighted by molar-refractivity contribution is 0.567. The number of rotatable bonds is 5. The highest BCUT2D eigenvalue weighted by atomic mass is 15.4. The summed E-state index contributed by atoms with van der Waals surface area (Å²) in [6.07, 6.45) is 4.54. The van der Waals surface area contributed by atoms with Crippen LogP contribution in [0.25, 0.3) is 0 Å². The minimum atomic E-state index is 0.242. The first kappa shape index (κ1) is 14.4. The van der Waals surface area contributed by atoms with E-state index in [1.165, 1.54) is 30.8 Å². The Labute approximate surface area is 117 Å². The van der Waals surface area contributed by atoms with Gasteiger partial charge in [-0.15, -0.1) is 0 Å². The highest BCUT2D eigenvalue weighted by molar-refractivity contribution is 5.51. The van der Waals surface area contributed by atoms with Crippen LogP contribution in [0.15, 0.2) is 0 Å². The van der Waals surface area contributed by atoms with Gasteiger partial charge in [0.1, 0.15) is 5.82 Å². The zero-order valence-electron chi connectivity index (χ0n) is 12.8. The van der Waals surface area contributed by atoms with Crippen molar-refractivity contribution in [1.29, 1.82) is 0 Å². The molecule has 19 heavy (non-hydrogen) atoms. The molecule has 2 N–H and O–H groups in total. The van der Waals surface area contributed by atoms with E-state index in [9.17, 15) is 0 Å². The van der Waals surface area contributed by atoms with Crippen molar-refractivity contribution in [3.63, 3.8) is 0 Å². The Bertz CT molecular complexity index is 424. The molecule has 0 saturated carbocycles. The van der Waals surface area contributed by atoms with Crippen molar-refractivity contribution in [2.24, 2.45) is 18.7 Å². The van der Waals surface area contributed by atoms with Crippen molar-refractivity contribution in [2.75, 3.05) is 18.0 Å². The molecule has 1 aliphatic heterocycles. The Morgan fingerprint density at radius 2 is 2.16 bits per heavy atom. The smallest absolute Gasteiger partial charge is 0.130 e. The van der Waals surface area contributed by atoms with Gasteiger partial charge in [0.2, 0.25) is 0 Å². The van der Waals surface area contributed by atoms with E-state index in [0.29, 0.717) is 0 Å². The molecule has 1 aromatic rings. The fourth-order valence-corrected chi connectivity index (χ4v) is 3.09. The third-order valence-corrected chi connectivity index (χ3v) is 4.47. The molecule has 0 aromatic carbocycles. The van der Waals surface area contributed by atoms with Gasteiger partial charge < -0.3 is 10.6 Å². The SMILES string of the molecule is CCC(N)Cc1c(C)nn(C)c1N1CCC(CC)C1. The van der Waals surface area contributed by atoms with Gasteiger partial charge in [0.05, 0.1) is 5.69 Å². The average Bonchev–Trinajstić information content (AvgIpc) is 2.95. The van der Waals surface area contributed by atoms with E-state index in [-0.39, 0.29) is 6.04 Å². The van der Waals surface area contributed by atoms with Gasteiger partial charge in [-0.25, -0.2) is 0 Å². The summed E-state index contributed by atoms with van der Waals surface area (Å²) in [4.78, 5) is 2.51. The summed E-state index contributed by atoms with van der Waals surface area (Å²) in [6, 6.07) is 0.242. The average molecular weight is 264 g/mol. The molecule has 0 bridgehead atoms. The molecule has 0 amide bonds. The normalized spacial score (nSPS) is 21.1. The highest BCUT2D eigenvalue weighted by Crippen LogP contribution is 2.30. The molecule has 4 heteroatoms. The molecule has 1 fully saturated rings. The fraction of sp³-hybridized carbons (Fsp3) is 0.800. The number of nitrogens with two attached hydrogens (primary N) is 1. The summed E-state index contributed by atoms with van der Waals surface area (Å²) in [7, 11) is 2.06. The third kappa shape index (κ3) is 2.94. The Morgan fingerprint density at radius 3 is 2.74 bits per heavy atom. The van der Waals surface area contributed by atoms with Crippen molar-refractivity contribution >= 4 is 5.82 Å². The number of nitrogens with zero attached hydrogens (tertiary/aromatic N) is 3. The lowest BCUT2D eigenvalue weighted by Crippen LogP contribution is -2.26. The molecule has 2 atom stereocenters. The lowest BCUT2D eigenvalue weighted by atomic mass is 10.0. The number of aromatic nitrogens is 2. The summed E-state index contributed by atoms with van der Waals surface area (Å²) in [5.74, 6) is 2.14. The van der Waals surface area contributed by atoms with Crippen LogP contribution in [0.4, 0.5) is 5.82 Å². The first-order valence-electron chi connectivity index (χ1n) is 7.59. The van der Waals surface area contributed by atoms with Gasteiger partial charge in [0.25, 0.3) is 0 Å². The topological polar surface area (TPSA) is 47.1 Å².